The summed E-state index contributed by atoms with van der Waals surface area (Å²) in [7, 11) is 0. The van der Waals surface area contributed by atoms with E-state index < -0.39 is 5.24 Å². The van der Waals surface area contributed by atoms with Crippen LogP contribution in [0.2, 0.25) is 0 Å². The third-order valence-corrected chi connectivity index (χ3v) is 1.59. The fraction of sp³-hybridized carbons (Fsp3) is 0.111. The Kier molecular flexibility index (Phi) is 3.00. The van der Waals surface area contributed by atoms with Crippen molar-refractivity contribution in [3.63, 3.8) is 0 Å². The van der Waals surface area contributed by atoms with Crippen LogP contribution in [0.5, 0.6) is 0 Å². The molecule has 1 rings (SSSR count). The van der Waals surface area contributed by atoms with E-state index in [0.29, 0.717) is 5.56 Å². The molecule has 0 unspecified atom stereocenters. The fourth-order valence-corrected chi connectivity index (χ4v) is 1.03. The van der Waals surface area contributed by atoms with Crippen LogP contribution in [0.25, 0.3) is 0 Å². The molecule has 0 bridgehead atoms. The highest BCUT2D eigenvalue weighted by Crippen LogP contribution is 2.04. The zero-order chi connectivity index (χ0) is 8.97. The maximum absolute atomic E-state index is 10.5. The van der Waals surface area contributed by atoms with Gasteiger partial charge in [-0.1, -0.05) is 24.3 Å². The van der Waals surface area contributed by atoms with Gasteiger partial charge in [0.15, 0.2) is 0 Å². The Morgan fingerprint density at radius 3 is 2.33 bits per heavy atom. The summed E-state index contributed by atoms with van der Waals surface area (Å²) in [6.07, 6.45) is 0.965. The van der Waals surface area contributed by atoms with Gasteiger partial charge in [-0.3, -0.25) is 9.59 Å². The predicted molar refractivity (Wildman–Crippen MR) is 46.4 cm³/mol. The molecule has 0 spiro atoms. The first-order valence-electron chi connectivity index (χ1n) is 3.45. The molecule has 1 aromatic carbocycles. The van der Waals surface area contributed by atoms with Crippen molar-refractivity contribution in [3.05, 3.63) is 35.4 Å². The molecule has 0 saturated carbocycles. The molecule has 0 aromatic heterocycles. The van der Waals surface area contributed by atoms with E-state index in [0.717, 1.165) is 11.8 Å². The van der Waals surface area contributed by atoms with E-state index in [1.165, 1.54) is 0 Å². The molecule has 0 fully saturated rings. The van der Waals surface area contributed by atoms with Crippen LogP contribution >= 0.6 is 11.6 Å². The summed E-state index contributed by atoms with van der Waals surface area (Å²) in [6.45, 7) is 0. The van der Waals surface area contributed by atoms with E-state index in [-0.39, 0.29) is 6.42 Å². The second kappa shape index (κ2) is 4.02. The van der Waals surface area contributed by atoms with Crippen LogP contribution < -0.4 is 0 Å². The lowest BCUT2D eigenvalue weighted by Crippen LogP contribution is -1.93. The summed E-state index contributed by atoms with van der Waals surface area (Å²) >= 11 is 5.18. The van der Waals surface area contributed by atoms with Gasteiger partial charge in [-0.15, -0.1) is 0 Å². The second-order valence-corrected chi connectivity index (χ2v) is 2.81. The Labute approximate surface area is 75.2 Å². The maximum Gasteiger partial charge on any atom is 0.226 e. The molecule has 0 radical (unpaired) electrons. The number of hydrogen-bond acceptors (Lipinski definition) is 2. The van der Waals surface area contributed by atoms with Gasteiger partial charge in [0.05, 0.1) is 0 Å². The van der Waals surface area contributed by atoms with Crippen molar-refractivity contribution in [2.75, 3.05) is 0 Å². The van der Waals surface area contributed by atoms with Crippen LogP contribution in [0.3, 0.4) is 0 Å². The number of hydrogen-bond donors (Lipinski definition) is 0. The maximum atomic E-state index is 10.5. The zero-order valence-corrected chi connectivity index (χ0v) is 7.04. The van der Waals surface area contributed by atoms with Crippen LogP contribution in [-0.4, -0.2) is 11.5 Å². The lowest BCUT2D eigenvalue weighted by Gasteiger charge is -1.95. The van der Waals surface area contributed by atoms with Crippen LogP contribution in [0, 0.1) is 0 Å². The van der Waals surface area contributed by atoms with E-state index in [1.54, 1.807) is 24.3 Å². The number of benzene rings is 1. The molecule has 3 heteroatoms. The Morgan fingerprint density at radius 2 is 1.92 bits per heavy atom. The summed E-state index contributed by atoms with van der Waals surface area (Å²) in [5.41, 5.74) is 1.42. The molecule has 0 aliphatic heterocycles. The van der Waals surface area contributed by atoms with Crippen LogP contribution in [0.4, 0.5) is 0 Å². The summed E-state index contributed by atoms with van der Waals surface area (Å²) in [6, 6.07) is 6.73. The first kappa shape index (κ1) is 8.94. The first-order valence-corrected chi connectivity index (χ1v) is 3.82. The van der Waals surface area contributed by atoms with E-state index in [4.69, 9.17) is 11.6 Å². The molecule has 0 aliphatic rings. The largest absolute Gasteiger partial charge is 0.298 e. The highest BCUT2D eigenvalue weighted by atomic mass is 35.5. The Balaban J connectivity index is 2.77. The first-order chi connectivity index (χ1) is 5.72. The zero-order valence-electron chi connectivity index (χ0n) is 6.29. The van der Waals surface area contributed by atoms with E-state index >= 15 is 0 Å². The summed E-state index contributed by atoms with van der Waals surface area (Å²) < 4.78 is 0. The SMILES string of the molecule is O=Cc1ccc(CC(=O)Cl)cc1. The van der Waals surface area contributed by atoms with Crippen molar-refractivity contribution in [1.29, 1.82) is 0 Å². The molecular weight excluding hydrogens is 176 g/mol. The number of rotatable bonds is 3. The lowest BCUT2D eigenvalue weighted by atomic mass is 10.1. The smallest absolute Gasteiger partial charge is 0.226 e. The highest BCUT2D eigenvalue weighted by Gasteiger charge is 1.98. The van der Waals surface area contributed by atoms with Gasteiger partial charge < -0.3 is 0 Å². The van der Waals surface area contributed by atoms with Gasteiger partial charge in [0.25, 0.3) is 0 Å². The minimum atomic E-state index is -0.395. The fourth-order valence-electron chi connectivity index (χ4n) is 0.875. The Bertz CT molecular complexity index is 290. The van der Waals surface area contributed by atoms with Gasteiger partial charge in [0.1, 0.15) is 6.29 Å². The van der Waals surface area contributed by atoms with Crippen molar-refractivity contribution in [2.24, 2.45) is 0 Å². The molecule has 0 amide bonds. The molecular formula is C9H7ClO2. The quantitative estimate of drug-likeness (QED) is 0.528. The average molecular weight is 183 g/mol. The molecule has 62 valence electrons. The molecule has 2 nitrogen and oxygen atoms in total. The normalized spacial score (nSPS) is 9.42. The number of carbonyl (C=O) groups is 2. The van der Waals surface area contributed by atoms with Gasteiger partial charge in [-0.25, -0.2) is 0 Å². The molecule has 12 heavy (non-hydrogen) atoms. The van der Waals surface area contributed by atoms with Gasteiger partial charge in [-0.05, 0) is 17.2 Å². The summed E-state index contributed by atoms with van der Waals surface area (Å²) in [4.78, 5) is 20.7. The van der Waals surface area contributed by atoms with Crippen molar-refractivity contribution in [2.45, 2.75) is 6.42 Å². The predicted octanol–water partition coefficient (Wildman–Crippen LogP) is 1.81. The molecule has 1 aromatic rings. The van der Waals surface area contributed by atoms with Gasteiger partial charge in [0.2, 0.25) is 5.24 Å². The van der Waals surface area contributed by atoms with Gasteiger partial charge in [0, 0.05) is 12.0 Å². The topological polar surface area (TPSA) is 34.1 Å². The van der Waals surface area contributed by atoms with Gasteiger partial charge in [-0.2, -0.15) is 0 Å². The monoisotopic (exact) mass is 182 g/mol. The third-order valence-electron chi connectivity index (χ3n) is 1.46. The summed E-state index contributed by atoms with van der Waals surface area (Å²) in [5, 5.41) is -0.395. The number of aldehydes is 1. The standard InChI is InChI=1S/C9H7ClO2/c10-9(12)5-7-1-3-8(6-11)4-2-7/h1-4,6H,5H2. The van der Waals surface area contributed by atoms with E-state index in [1.807, 2.05) is 0 Å². The second-order valence-electron chi connectivity index (χ2n) is 2.39. The molecule has 0 heterocycles. The minimum Gasteiger partial charge on any atom is -0.298 e. The van der Waals surface area contributed by atoms with Crippen LogP contribution in [-0.2, 0) is 11.2 Å². The Morgan fingerprint density at radius 1 is 1.33 bits per heavy atom. The van der Waals surface area contributed by atoms with E-state index in [2.05, 4.69) is 0 Å². The molecule has 0 saturated heterocycles. The van der Waals surface area contributed by atoms with Crippen LogP contribution in [0.15, 0.2) is 24.3 Å². The minimum absolute atomic E-state index is 0.209. The van der Waals surface area contributed by atoms with Crippen molar-refractivity contribution in [3.8, 4) is 0 Å². The van der Waals surface area contributed by atoms with Crippen molar-refractivity contribution >= 4 is 23.1 Å². The van der Waals surface area contributed by atoms with Crippen molar-refractivity contribution < 1.29 is 9.59 Å². The average Bonchev–Trinajstić information content (AvgIpc) is 2.05. The Hall–Kier alpha value is -1.15. The number of halogens is 1. The van der Waals surface area contributed by atoms with E-state index in [9.17, 15) is 9.59 Å². The van der Waals surface area contributed by atoms with Crippen LogP contribution in [0.1, 0.15) is 15.9 Å². The van der Waals surface area contributed by atoms with Gasteiger partial charge >= 0.3 is 0 Å². The highest BCUT2D eigenvalue weighted by molar-refractivity contribution is 6.63. The molecule has 0 aliphatic carbocycles. The molecule has 0 N–H and O–H groups in total. The summed E-state index contributed by atoms with van der Waals surface area (Å²) in [5.74, 6) is 0. The third kappa shape index (κ3) is 2.47. The number of carbonyl (C=O) groups excluding carboxylic acids is 2. The lowest BCUT2D eigenvalue weighted by molar-refractivity contribution is -0.111. The molecule has 0 atom stereocenters. The van der Waals surface area contributed by atoms with Crippen molar-refractivity contribution in [1.82, 2.24) is 0 Å².